The average Bonchev–Trinajstić information content (AvgIpc) is 3.53. The number of fused-ring (bicyclic) bond motifs is 2. The van der Waals surface area contributed by atoms with Crippen LogP contribution in [-0.4, -0.2) is 72.8 Å². The fourth-order valence-electron chi connectivity index (χ4n) is 4.93. The third-order valence-corrected chi connectivity index (χ3v) is 6.84. The number of ether oxygens (including phenoxy) is 2. The van der Waals surface area contributed by atoms with Crippen LogP contribution in [0.1, 0.15) is 66.0 Å². The summed E-state index contributed by atoms with van der Waals surface area (Å²) in [5, 5.41) is 11.0. The molecule has 11 nitrogen and oxygen atoms in total. The van der Waals surface area contributed by atoms with Crippen molar-refractivity contribution in [3.05, 3.63) is 48.0 Å². The summed E-state index contributed by atoms with van der Waals surface area (Å²) >= 11 is 0. The molecule has 2 aliphatic rings. The molecule has 5 rings (SSSR count). The number of unbranched alkanes of at least 4 members (excludes halogenated alkanes) is 3. The van der Waals surface area contributed by atoms with Crippen LogP contribution in [0.5, 0.6) is 0 Å². The molecule has 1 saturated heterocycles. The number of carbonyl (C=O) groups is 2. The van der Waals surface area contributed by atoms with Gasteiger partial charge in [-0.25, -0.2) is 15.0 Å². The number of hydrogen-bond donors (Lipinski definition) is 2. The van der Waals surface area contributed by atoms with Crippen molar-refractivity contribution < 1.29 is 24.2 Å². The molecule has 3 aromatic rings. The number of anilines is 1. The predicted molar refractivity (Wildman–Crippen MR) is 130 cm³/mol. The lowest BCUT2D eigenvalue weighted by atomic mass is 10.1. The lowest BCUT2D eigenvalue weighted by Crippen LogP contribution is -2.34. The number of nitrogens with zero attached hydrogens (tertiary/aromatic N) is 5. The van der Waals surface area contributed by atoms with Gasteiger partial charge in [-0.3, -0.25) is 19.1 Å². The fourth-order valence-corrected chi connectivity index (χ4v) is 4.93. The second kappa shape index (κ2) is 10.3. The van der Waals surface area contributed by atoms with E-state index in [9.17, 15) is 14.7 Å². The molecule has 1 aromatic carbocycles. The van der Waals surface area contributed by atoms with Crippen LogP contribution in [0.25, 0.3) is 11.2 Å². The molecule has 3 N–H and O–H groups in total. The number of carbonyl (C=O) groups excluding carboxylic acids is 2. The number of aliphatic hydroxyl groups excluding tert-OH is 1. The van der Waals surface area contributed by atoms with Gasteiger partial charge in [0.25, 0.3) is 11.8 Å². The molecule has 0 bridgehead atoms. The summed E-state index contributed by atoms with van der Waals surface area (Å²) in [4.78, 5) is 38.7. The van der Waals surface area contributed by atoms with Crippen molar-refractivity contribution in [1.82, 2.24) is 24.4 Å². The standard InChI is InChI=1S/C25H30N6O5/c1-2-17-20(19(32)25(36-17)31-14-29-18-21(26)27-13-28-22(18)31)35-12-8-4-3-7-11-30-23(33)15-9-5-6-10-16(15)24(30)34/h5-6,9-10,13-14,17,19-20,25,32H,2-4,7-8,11-12H2,1H3,(H2,26,27,28)/t17-,19+,20?,25-/m1/s1. The minimum atomic E-state index is -0.891. The Kier molecular flexibility index (Phi) is 6.95. The summed E-state index contributed by atoms with van der Waals surface area (Å²) in [5.41, 5.74) is 7.81. The number of imide groups is 1. The monoisotopic (exact) mass is 494 g/mol. The highest BCUT2D eigenvalue weighted by Gasteiger charge is 2.45. The molecule has 11 heteroatoms. The molecule has 0 aliphatic carbocycles. The summed E-state index contributed by atoms with van der Waals surface area (Å²) in [7, 11) is 0. The Morgan fingerprint density at radius 3 is 2.50 bits per heavy atom. The number of hydrogen-bond acceptors (Lipinski definition) is 9. The molecule has 2 aliphatic heterocycles. The molecule has 0 radical (unpaired) electrons. The van der Waals surface area contributed by atoms with Crippen molar-refractivity contribution in [3.8, 4) is 0 Å². The molecule has 2 aromatic heterocycles. The summed E-state index contributed by atoms with van der Waals surface area (Å²) in [5.74, 6) is -0.155. The number of aromatic nitrogens is 4. The molecule has 1 unspecified atom stereocenters. The van der Waals surface area contributed by atoms with Crippen molar-refractivity contribution in [2.75, 3.05) is 18.9 Å². The maximum absolute atomic E-state index is 12.4. The molecule has 4 heterocycles. The smallest absolute Gasteiger partial charge is 0.261 e. The van der Waals surface area contributed by atoms with Gasteiger partial charge < -0.3 is 20.3 Å². The van der Waals surface area contributed by atoms with E-state index in [4.69, 9.17) is 15.2 Å². The first-order chi connectivity index (χ1) is 17.5. The highest BCUT2D eigenvalue weighted by Crippen LogP contribution is 2.35. The van der Waals surface area contributed by atoms with Crippen molar-refractivity contribution in [2.45, 2.75) is 63.6 Å². The topological polar surface area (TPSA) is 146 Å². The first kappa shape index (κ1) is 24.3. The molecular weight excluding hydrogens is 464 g/mol. The maximum atomic E-state index is 12.4. The Bertz CT molecular complexity index is 1230. The fraction of sp³-hybridized carbons (Fsp3) is 0.480. The van der Waals surface area contributed by atoms with Gasteiger partial charge in [0.15, 0.2) is 17.7 Å². The minimum Gasteiger partial charge on any atom is -0.386 e. The van der Waals surface area contributed by atoms with Gasteiger partial charge in [-0.1, -0.05) is 31.9 Å². The summed E-state index contributed by atoms with van der Waals surface area (Å²) in [6.45, 7) is 2.87. The molecule has 190 valence electrons. The number of amides is 2. The summed E-state index contributed by atoms with van der Waals surface area (Å²) < 4.78 is 13.8. The maximum Gasteiger partial charge on any atom is 0.261 e. The molecule has 0 saturated carbocycles. The van der Waals surface area contributed by atoms with Gasteiger partial charge >= 0.3 is 0 Å². The quantitative estimate of drug-likeness (QED) is 0.320. The van der Waals surface area contributed by atoms with Crippen molar-refractivity contribution >= 4 is 28.8 Å². The number of benzene rings is 1. The van der Waals surface area contributed by atoms with E-state index in [0.29, 0.717) is 41.9 Å². The van der Waals surface area contributed by atoms with Crippen molar-refractivity contribution in [1.29, 1.82) is 0 Å². The van der Waals surface area contributed by atoms with Crippen LogP contribution in [0.2, 0.25) is 0 Å². The second-order valence-corrected chi connectivity index (χ2v) is 9.10. The summed E-state index contributed by atoms with van der Waals surface area (Å²) in [6, 6.07) is 6.93. The Hall–Kier alpha value is -3.41. The Labute approximate surface area is 208 Å². The van der Waals surface area contributed by atoms with Gasteiger partial charge in [-0.15, -0.1) is 0 Å². The highest BCUT2D eigenvalue weighted by molar-refractivity contribution is 6.21. The van der Waals surface area contributed by atoms with E-state index >= 15 is 0 Å². The third-order valence-electron chi connectivity index (χ3n) is 6.84. The number of imidazole rings is 1. The first-order valence-electron chi connectivity index (χ1n) is 12.3. The van der Waals surface area contributed by atoms with Gasteiger partial charge in [0.1, 0.15) is 24.1 Å². The molecule has 4 atom stereocenters. The molecule has 1 fully saturated rings. The molecular formula is C25H30N6O5. The van der Waals surface area contributed by atoms with E-state index in [1.165, 1.54) is 11.2 Å². The van der Waals surface area contributed by atoms with E-state index in [2.05, 4.69) is 15.0 Å². The number of rotatable bonds is 10. The van der Waals surface area contributed by atoms with Crippen LogP contribution in [0.3, 0.4) is 0 Å². The minimum absolute atomic E-state index is 0.214. The van der Waals surface area contributed by atoms with Crippen LogP contribution < -0.4 is 5.73 Å². The van der Waals surface area contributed by atoms with Gasteiger partial charge in [-0.2, -0.15) is 0 Å². The zero-order chi connectivity index (χ0) is 25.2. The SMILES string of the molecule is CC[C@H]1O[C@@H](n2cnc3c(N)ncnc32)[C@@H](O)C1OCCCCCCN1C(=O)c2ccccc2C1=O. The van der Waals surface area contributed by atoms with E-state index in [0.717, 1.165) is 25.7 Å². The van der Waals surface area contributed by atoms with Crippen LogP contribution in [0.4, 0.5) is 5.82 Å². The summed E-state index contributed by atoms with van der Waals surface area (Å²) in [6.07, 6.45) is 4.55. The second-order valence-electron chi connectivity index (χ2n) is 9.10. The molecule has 0 spiro atoms. The van der Waals surface area contributed by atoms with E-state index in [-0.39, 0.29) is 23.7 Å². The van der Waals surface area contributed by atoms with Crippen LogP contribution >= 0.6 is 0 Å². The number of aliphatic hydroxyl groups is 1. The zero-order valence-corrected chi connectivity index (χ0v) is 20.1. The lowest BCUT2D eigenvalue weighted by molar-refractivity contribution is -0.0397. The van der Waals surface area contributed by atoms with Gasteiger partial charge in [0.05, 0.1) is 23.6 Å². The largest absolute Gasteiger partial charge is 0.386 e. The van der Waals surface area contributed by atoms with Crippen molar-refractivity contribution in [2.24, 2.45) is 0 Å². The number of nitrogens with two attached hydrogens (primary N) is 1. The number of nitrogen functional groups attached to an aromatic ring is 1. The van der Waals surface area contributed by atoms with E-state index in [1.807, 2.05) is 6.92 Å². The molecule has 2 amide bonds. The first-order valence-corrected chi connectivity index (χ1v) is 12.3. The molecule has 36 heavy (non-hydrogen) atoms. The zero-order valence-electron chi connectivity index (χ0n) is 20.1. The normalized spacial score (nSPS) is 23.7. The van der Waals surface area contributed by atoms with Crippen LogP contribution in [0, 0.1) is 0 Å². The highest BCUT2D eigenvalue weighted by atomic mass is 16.6. The van der Waals surface area contributed by atoms with Crippen LogP contribution in [0.15, 0.2) is 36.9 Å². The van der Waals surface area contributed by atoms with Gasteiger partial charge in [0, 0.05) is 13.2 Å². The Balaban J connectivity index is 1.08. The van der Waals surface area contributed by atoms with Gasteiger partial charge in [0.2, 0.25) is 0 Å². The van der Waals surface area contributed by atoms with E-state index < -0.39 is 18.4 Å². The third kappa shape index (κ3) is 4.34. The lowest BCUT2D eigenvalue weighted by Gasteiger charge is -2.20. The average molecular weight is 495 g/mol. The van der Waals surface area contributed by atoms with Crippen molar-refractivity contribution in [3.63, 3.8) is 0 Å². The Morgan fingerprint density at radius 1 is 1.06 bits per heavy atom. The van der Waals surface area contributed by atoms with E-state index in [1.54, 1.807) is 35.2 Å². The van der Waals surface area contributed by atoms with Crippen LogP contribution in [-0.2, 0) is 9.47 Å². The van der Waals surface area contributed by atoms with Gasteiger partial charge in [-0.05, 0) is 31.4 Å². The Morgan fingerprint density at radius 2 is 1.78 bits per heavy atom. The predicted octanol–water partition coefficient (Wildman–Crippen LogP) is 2.32.